The summed E-state index contributed by atoms with van der Waals surface area (Å²) in [4.78, 5) is 120. The molecule has 0 aliphatic carbocycles. The molecule has 0 spiro atoms. The van der Waals surface area contributed by atoms with Crippen LogP contribution in [0, 0.1) is 0 Å². The van der Waals surface area contributed by atoms with Crippen molar-refractivity contribution in [1.82, 2.24) is 30.7 Å². The van der Waals surface area contributed by atoms with Crippen LogP contribution in [0.25, 0.3) is 0 Å². The van der Waals surface area contributed by atoms with E-state index in [2.05, 4.69) is 16.0 Å². The van der Waals surface area contributed by atoms with Gasteiger partial charge in [0.15, 0.2) is 0 Å². The first-order valence-electron chi connectivity index (χ1n) is 18.0. The Hall–Kier alpha value is -6.44. The number of urea groups is 1. The Morgan fingerprint density at radius 2 is 1.64 bits per heavy atom. The topological polar surface area (TPSA) is 236 Å². The zero-order valence-electron chi connectivity index (χ0n) is 32.2. The number of carbonyl (C=O) groups excluding carboxylic acids is 9. The number of ether oxygens (including phenoxy) is 4. The molecular formula is C38H42N6O13S. The highest BCUT2D eigenvalue weighted by Crippen LogP contribution is 2.42. The van der Waals surface area contributed by atoms with Gasteiger partial charge < -0.3 is 39.8 Å². The largest absolute Gasteiger partial charge is 0.514 e. The van der Waals surface area contributed by atoms with Crippen LogP contribution >= 0.6 is 11.8 Å². The molecule has 0 saturated carbocycles. The average molecular weight is 823 g/mol. The van der Waals surface area contributed by atoms with E-state index in [1.807, 2.05) is 0 Å². The van der Waals surface area contributed by atoms with Crippen LogP contribution in [0.5, 0.6) is 5.75 Å². The molecule has 4 atom stereocenters. The van der Waals surface area contributed by atoms with Crippen LogP contribution in [0.2, 0.25) is 0 Å². The van der Waals surface area contributed by atoms with Crippen molar-refractivity contribution < 1.29 is 62.1 Å². The lowest BCUT2D eigenvalue weighted by Gasteiger charge is -2.50. The minimum absolute atomic E-state index is 0.00378. The van der Waals surface area contributed by atoms with Gasteiger partial charge in [-0.25, -0.2) is 14.4 Å². The number of β-lactam (4-membered cyclic amide) rings is 1. The molecule has 3 N–H and O–H groups in total. The normalized spacial score (nSPS) is 18.8. The molecule has 2 unspecified atom stereocenters. The zero-order valence-corrected chi connectivity index (χ0v) is 33.0. The van der Waals surface area contributed by atoms with E-state index in [1.54, 1.807) is 58.0 Å². The number of hydrogen-bond acceptors (Lipinski definition) is 14. The predicted molar refractivity (Wildman–Crippen MR) is 202 cm³/mol. The number of likely N-dealkylation sites (N-methyl/N-ethyl adjacent to an activating group) is 1. The SMILES string of the molecule is CCN1CCN(C(=O)NC(C(=O)NC(OC(C)=O)C2=C(C(=O)OC(C)(C)C)N3C(=O)[C@H](NC=O)[C@H]3SC2)c2ccc(OC(=O)OCc3ccccc3)cc2)C(=O)C1=O. The fourth-order valence-corrected chi connectivity index (χ4v) is 7.45. The first kappa shape index (κ1) is 42.7. The number of carbonyl (C=O) groups is 9. The van der Waals surface area contributed by atoms with Crippen molar-refractivity contribution in [1.29, 1.82) is 0 Å². The molecule has 0 radical (unpaired) electrons. The van der Waals surface area contributed by atoms with Crippen molar-refractivity contribution in [2.24, 2.45) is 0 Å². The van der Waals surface area contributed by atoms with Crippen molar-refractivity contribution >= 4 is 65.9 Å². The van der Waals surface area contributed by atoms with Crippen molar-refractivity contribution in [3.8, 4) is 5.75 Å². The van der Waals surface area contributed by atoms with Gasteiger partial charge >= 0.3 is 35.9 Å². The predicted octanol–water partition coefficient (Wildman–Crippen LogP) is 1.47. The van der Waals surface area contributed by atoms with Crippen LogP contribution in [0.3, 0.4) is 0 Å². The van der Waals surface area contributed by atoms with Gasteiger partial charge in [-0.2, -0.15) is 0 Å². The van der Waals surface area contributed by atoms with Crippen LogP contribution in [0.15, 0.2) is 65.9 Å². The van der Waals surface area contributed by atoms with E-state index in [0.29, 0.717) is 11.3 Å². The summed E-state index contributed by atoms with van der Waals surface area (Å²) in [6.07, 6.45) is -2.38. The van der Waals surface area contributed by atoms with Crippen molar-refractivity contribution in [2.45, 2.75) is 70.5 Å². The van der Waals surface area contributed by atoms with Gasteiger partial charge in [0.25, 0.3) is 5.91 Å². The molecule has 5 rings (SSSR count). The van der Waals surface area contributed by atoms with Crippen molar-refractivity contribution in [3.05, 3.63) is 77.0 Å². The first-order valence-corrected chi connectivity index (χ1v) is 19.1. The average Bonchev–Trinajstić information content (AvgIpc) is 3.18. The summed E-state index contributed by atoms with van der Waals surface area (Å²) in [5.74, 6) is -5.69. The number of thioether (sulfide) groups is 1. The second-order valence-corrected chi connectivity index (χ2v) is 15.1. The van der Waals surface area contributed by atoms with Gasteiger partial charge in [0.2, 0.25) is 18.5 Å². The van der Waals surface area contributed by atoms with Crippen LogP contribution in [0.4, 0.5) is 9.59 Å². The Morgan fingerprint density at radius 1 is 0.948 bits per heavy atom. The maximum absolute atomic E-state index is 14.3. The molecule has 7 amide bonds. The van der Waals surface area contributed by atoms with Gasteiger partial charge in [-0.1, -0.05) is 42.5 Å². The van der Waals surface area contributed by atoms with Crippen molar-refractivity contribution in [3.63, 3.8) is 0 Å². The summed E-state index contributed by atoms with van der Waals surface area (Å²) in [6.45, 7) is 7.54. The molecule has 2 saturated heterocycles. The van der Waals surface area contributed by atoms with Gasteiger partial charge in [-0.05, 0) is 51.0 Å². The maximum atomic E-state index is 14.3. The van der Waals surface area contributed by atoms with E-state index in [0.717, 1.165) is 29.1 Å². The van der Waals surface area contributed by atoms with E-state index >= 15 is 0 Å². The highest BCUT2D eigenvalue weighted by Gasteiger charge is 2.55. The van der Waals surface area contributed by atoms with Crippen LogP contribution in [-0.4, -0.2) is 117 Å². The standard InChI is InChI=1S/C38H42N6O13S/c1-6-42-16-17-43(33(50)32(42)49)36(52)40-26(23-12-14-24(15-13-23)56-37(53)54-18-22-10-8-7-9-11-22)29(47)41-30(55-21(2)46)25-19-58-34-27(39-20-45)31(48)44(34)28(25)35(51)57-38(3,4)5/h7-15,20,26-27,30,34H,6,16-19H2,1-5H3,(H,39,45)(H,40,52)(H,41,47)/t26?,27-,30?,34+/m0/s1. The summed E-state index contributed by atoms with van der Waals surface area (Å²) < 4.78 is 21.5. The number of nitrogens with one attached hydrogen (secondary N) is 3. The molecule has 3 aliphatic rings. The summed E-state index contributed by atoms with van der Waals surface area (Å²) in [5.41, 5.74) is -0.619. The Kier molecular flexibility index (Phi) is 13.4. The van der Waals surface area contributed by atoms with E-state index < -0.39 is 77.0 Å². The lowest BCUT2D eigenvalue weighted by molar-refractivity contribution is -0.159. The second-order valence-electron chi connectivity index (χ2n) is 14.0. The second kappa shape index (κ2) is 18.2. The van der Waals surface area contributed by atoms with E-state index in [1.165, 1.54) is 29.2 Å². The molecule has 3 heterocycles. The molecule has 2 aromatic rings. The van der Waals surface area contributed by atoms with E-state index in [-0.39, 0.29) is 54.6 Å². The monoisotopic (exact) mass is 822 g/mol. The summed E-state index contributed by atoms with van der Waals surface area (Å²) in [7, 11) is 0. The number of benzene rings is 2. The zero-order chi connectivity index (χ0) is 42.3. The number of piperazine rings is 1. The molecule has 58 heavy (non-hydrogen) atoms. The Balaban J connectivity index is 1.46. The molecule has 19 nitrogen and oxygen atoms in total. The smallest absolute Gasteiger partial charge is 0.455 e. The third-order valence-corrected chi connectivity index (χ3v) is 10.1. The number of amides is 7. The van der Waals surface area contributed by atoms with E-state index in [4.69, 9.17) is 18.9 Å². The number of nitrogens with zero attached hydrogens (tertiary/aromatic N) is 3. The Morgan fingerprint density at radius 3 is 2.26 bits per heavy atom. The highest BCUT2D eigenvalue weighted by atomic mass is 32.2. The third-order valence-electron chi connectivity index (χ3n) is 8.79. The number of esters is 2. The minimum Gasteiger partial charge on any atom is -0.455 e. The fraction of sp³-hybridized carbons (Fsp3) is 0.395. The fourth-order valence-electron chi connectivity index (χ4n) is 6.06. The van der Waals surface area contributed by atoms with E-state index in [9.17, 15) is 43.2 Å². The maximum Gasteiger partial charge on any atom is 0.514 e. The number of hydrogen-bond donors (Lipinski definition) is 3. The molecule has 2 fully saturated rings. The van der Waals surface area contributed by atoms with Gasteiger partial charge in [-0.15, -0.1) is 11.8 Å². The quantitative estimate of drug-likeness (QED) is 0.0494. The van der Waals surface area contributed by atoms with Crippen LogP contribution in [-0.2, 0) is 54.4 Å². The lowest BCUT2D eigenvalue weighted by atomic mass is 10.0. The minimum atomic E-state index is -1.72. The molecule has 0 aromatic heterocycles. The molecule has 2 aromatic carbocycles. The molecule has 20 heteroatoms. The number of fused-ring (bicyclic) bond motifs is 1. The number of imide groups is 1. The molecule has 308 valence electrons. The first-order chi connectivity index (χ1) is 27.5. The summed E-state index contributed by atoms with van der Waals surface area (Å²) in [6, 6.07) is 10.4. The Bertz CT molecular complexity index is 2000. The molecule has 3 aliphatic heterocycles. The number of rotatable bonds is 13. The molecule has 0 bridgehead atoms. The Labute approximate surface area is 336 Å². The highest BCUT2D eigenvalue weighted by molar-refractivity contribution is 8.00. The van der Waals surface area contributed by atoms with Crippen molar-refractivity contribution in [2.75, 3.05) is 25.4 Å². The van der Waals surface area contributed by atoms with Gasteiger partial charge in [-0.3, -0.25) is 38.6 Å². The van der Waals surface area contributed by atoms with Gasteiger partial charge in [0.1, 0.15) is 41.1 Å². The van der Waals surface area contributed by atoms with Crippen LogP contribution in [0.1, 0.15) is 51.8 Å². The third kappa shape index (κ3) is 9.92. The summed E-state index contributed by atoms with van der Waals surface area (Å²) in [5, 5.41) is 6.67. The van der Waals surface area contributed by atoms with Gasteiger partial charge in [0.05, 0.1) is 0 Å². The van der Waals surface area contributed by atoms with Gasteiger partial charge in [0, 0.05) is 37.9 Å². The molecular weight excluding hydrogens is 781 g/mol. The van der Waals surface area contributed by atoms with Crippen LogP contribution < -0.4 is 20.7 Å². The summed E-state index contributed by atoms with van der Waals surface area (Å²) >= 11 is 1.11. The lowest BCUT2D eigenvalue weighted by Crippen LogP contribution is -2.70.